The van der Waals surface area contributed by atoms with Gasteiger partial charge in [0, 0.05) is 23.4 Å². The maximum absolute atomic E-state index is 4.85. The number of hydrogen-bond acceptors (Lipinski definition) is 4. The molecule has 20 heavy (non-hydrogen) atoms. The molecule has 0 saturated heterocycles. The van der Waals surface area contributed by atoms with Gasteiger partial charge in [-0.2, -0.15) is 11.3 Å². The second-order valence-corrected chi connectivity index (χ2v) is 6.69. The predicted octanol–water partition coefficient (Wildman–Crippen LogP) is 5.06. The molecule has 1 aliphatic rings. The lowest BCUT2D eigenvalue weighted by Gasteiger charge is -2.15. The Morgan fingerprint density at radius 1 is 1.35 bits per heavy atom. The van der Waals surface area contributed by atoms with Crippen LogP contribution in [0, 0.1) is 0 Å². The van der Waals surface area contributed by atoms with E-state index >= 15 is 0 Å². The van der Waals surface area contributed by atoms with Gasteiger partial charge in [0.25, 0.3) is 0 Å². The highest BCUT2D eigenvalue weighted by atomic mass is 79.9. The number of rotatable bonds is 4. The van der Waals surface area contributed by atoms with Crippen LogP contribution < -0.4 is 5.32 Å². The van der Waals surface area contributed by atoms with Gasteiger partial charge in [0.05, 0.1) is 10.2 Å². The minimum absolute atomic E-state index is 0.571. The molecule has 5 heteroatoms. The fourth-order valence-electron chi connectivity index (χ4n) is 2.74. The Labute approximate surface area is 132 Å². The van der Waals surface area contributed by atoms with Gasteiger partial charge in [0.2, 0.25) is 0 Å². The van der Waals surface area contributed by atoms with Crippen molar-refractivity contribution < 1.29 is 0 Å². The molecule has 0 amide bonds. The molecule has 0 bridgehead atoms. The Bertz CT molecular complexity index is 577. The molecule has 2 aromatic heterocycles. The van der Waals surface area contributed by atoms with Crippen LogP contribution in [-0.4, -0.2) is 16.5 Å². The molecule has 1 saturated carbocycles. The van der Waals surface area contributed by atoms with Crippen LogP contribution in [0.2, 0.25) is 0 Å². The first kappa shape index (κ1) is 14.0. The summed E-state index contributed by atoms with van der Waals surface area (Å²) in [5.74, 6) is 2.33. The normalized spacial score (nSPS) is 15.7. The van der Waals surface area contributed by atoms with Crippen LogP contribution >= 0.6 is 27.3 Å². The first-order valence-corrected chi connectivity index (χ1v) is 8.87. The van der Waals surface area contributed by atoms with E-state index < -0.39 is 0 Å². The van der Waals surface area contributed by atoms with E-state index in [-0.39, 0.29) is 0 Å². The molecule has 0 spiro atoms. The van der Waals surface area contributed by atoms with Gasteiger partial charge in [-0.1, -0.05) is 12.8 Å². The monoisotopic (exact) mass is 351 g/mol. The molecule has 2 aromatic rings. The highest BCUT2D eigenvalue weighted by molar-refractivity contribution is 9.10. The Balaban J connectivity index is 2.07. The molecule has 3 rings (SSSR count). The molecule has 1 N–H and O–H groups in total. The Morgan fingerprint density at radius 2 is 2.15 bits per heavy atom. The first-order valence-electron chi connectivity index (χ1n) is 7.13. The number of aromatic nitrogens is 2. The van der Waals surface area contributed by atoms with Gasteiger partial charge in [-0.25, -0.2) is 9.97 Å². The van der Waals surface area contributed by atoms with Gasteiger partial charge in [-0.05, 0) is 47.1 Å². The zero-order chi connectivity index (χ0) is 13.9. The average Bonchev–Trinajstić information content (AvgIpc) is 3.14. The Morgan fingerprint density at radius 3 is 2.80 bits per heavy atom. The number of nitrogens with one attached hydrogen (secondary N) is 1. The molecule has 0 aromatic carbocycles. The van der Waals surface area contributed by atoms with Crippen molar-refractivity contribution in [2.24, 2.45) is 0 Å². The van der Waals surface area contributed by atoms with Crippen molar-refractivity contribution >= 4 is 33.1 Å². The summed E-state index contributed by atoms with van der Waals surface area (Å²) in [5.41, 5.74) is 2.29. The Kier molecular flexibility index (Phi) is 4.36. The second kappa shape index (κ2) is 6.22. The summed E-state index contributed by atoms with van der Waals surface area (Å²) in [6, 6.07) is 2.09. The number of anilines is 1. The van der Waals surface area contributed by atoms with E-state index in [1.165, 1.54) is 31.4 Å². The molecule has 0 aliphatic heterocycles. The summed E-state index contributed by atoms with van der Waals surface area (Å²) in [6.07, 6.45) is 5.10. The van der Waals surface area contributed by atoms with Crippen molar-refractivity contribution in [3.63, 3.8) is 0 Å². The smallest absolute Gasteiger partial charge is 0.162 e. The fourth-order valence-corrected chi connectivity index (χ4v) is 4.02. The standard InChI is InChI=1S/C15H18BrN3S/c1-2-17-15-12(16)13(10-5-3-4-6-10)18-14(19-15)11-7-8-20-9-11/h7-10H,2-6H2,1H3,(H,17,18,19). The highest BCUT2D eigenvalue weighted by Crippen LogP contribution is 2.39. The van der Waals surface area contributed by atoms with Crippen LogP contribution in [0.1, 0.15) is 44.2 Å². The van der Waals surface area contributed by atoms with Gasteiger partial charge in [0.15, 0.2) is 5.82 Å². The van der Waals surface area contributed by atoms with Gasteiger partial charge in [-0.3, -0.25) is 0 Å². The summed E-state index contributed by atoms with van der Waals surface area (Å²) in [5, 5.41) is 7.53. The minimum atomic E-state index is 0.571. The SMILES string of the molecule is CCNc1nc(-c2ccsc2)nc(C2CCCC2)c1Br. The van der Waals surface area contributed by atoms with E-state index in [2.05, 4.69) is 50.0 Å². The third kappa shape index (κ3) is 2.74. The maximum atomic E-state index is 4.85. The van der Waals surface area contributed by atoms with E-state index in [9.17, 15) is 0 Å². The van der Waals surface area contributed by atoms with E-state index in [1.54, 1.807) is 11.3 Å². The summed E-state index contributed by atoms with van der Waals surface area (Å²) in [6.45, 7) is 2.96. The van der Waals surface area contributed by atoms with Gasteiger partial charge in [0.1, 0.15) is 5.82 Å². The van der Waals surface area contributed by atoms with E-state index in [0.29, 0.717) is 5.92 Å². The predicted molar refractivity (Wildman–Crippen MR) is 88.4 cm³/mol. The van der Waals surface area contributed by atoms with Crippen LogP contribution in [0.3, 0.4) is 0 Å². The molecule has 0 radical (unpaired) electrons. The first-order chi connectivity index (χ1) is 9.79. The zero-order valence-electron chi connectivity index (χ0n) is 11.5. The molecule has 1 aliphatic carbocycles. The number of nitrogens with zero attached hydrogens (tertiary/aromatic N) is 2. The lowest BCUT2D eigenvalue weighted by Crippen LogP contribution is -2.08. The molecule has 106 valence electrons. The second-order valence-electron chi connectivity index (χ2n) is 5.12. The van der Waals surface area contributed by atoms with Crippen molar-refractivity contribution in [3.8, 4) is 11.4 Å². The molecule has 0 atom stereocenters. The molecule has 1 fully saturated rings. The fraction of sp³-hybridized carbons (Fsp3) is 0.467. The van der Waals surface area contributed by atoms with Crippen molar-refractivity contribution in [2.75, 3.05) is 11.9 Å². The molecular weight excluding hydrogens is 334 g/mol. The van der Waals surface area contributed by atoms with Crippen LogP contribution in [0.15, 0.2) is 21.3 Å². The average molecular weight is 352 g/mol. The zero-order valence-corrected chi connectivity index (χ0v) is 13.9. The van der Waals surface area contributed by atoms with E-state index in [0.717, 1.165) is 28.2 Å². The minimum Gasteiger partial charge on any atom is -0.369 e. The van der Waals surface area contributed by atoms with Gasteiger partial charge >= 0.3 is 0 Å². The highest BCUT2D eigenvalue weighted by Gasteiger charge is 2.24. The van der Waals surface area contributed by atoms with Crippen LogP contribution in [0.4, 0.5) is 5.82 Å². The Hall–Kier alpha value is -0.940. The summed E-state index contributed by atoms with van der Waals surface area (Å²) in [4.78, 5) is 9.52. The van der Waals surface area contributed by atoms with Crippen LogP contribution in [-0.2, 0) is 0 Å². The number of halogens is 1. The summed E-state index contributed by atoms with van der Waals surface area (Å²) in [7, 11) is 0. The van der Waals surface area contributed by atoms with Crippen molar-refractivity contribution in [2.45, 2.75) is 38.5 Å². The quantitative estimate of drug-likeness (QED) is 0.836. The molecule has 0 unspecified atom stereocenters. The largest absolute Gasteiger partial charge is 0.369 e. The summed E-state index contributed by atoms with van der Waals surface area (Å²) < 4.78 is 1.05. The summed E-state index contributed by atoms with van der Waals surface area (Å²) >= 11 is 5.39. The molecular formula is C15H18BrN3S. The number of thiophene rings is 1. The van der Waals surface area contributed by atoms with E-state index in [4.69, 9.17) is 4.98 Å². The van der Waals surface area contributed by atoms with Crippen molar-refractivity contribution in [1.82, 2.24) is 9.97 Å². The molecule has 2 heterocycles. The third-order valence-corrected chi connectivity index (χ3v) is 5.21. The lowest BCUT2D eigenvalue weighted by atomic mass is 10.0. The van der Waals surface area contributed by atoms with Gasteiger partial charge < -0.3 is 5.32 Å². The van der Waals surface area contributed by atoms with Gasteiger partial charge in [-0.15, -0.1) is 0 Å². The van der Waals surface area contributed by atoms with Crippen molar-refractivity contribution in [3.05, 3.63) is 27.0 Å². The van der Waals surface area contributed by atoms with Crippen LogP contribution in [0.25, 0.3) is 11.4 Å². The maximum Gasteiger partial charge on any atom is 0.162 e. The lowest BCUT2D eigenvalue weighted by molar-refractivity contribution is 0.691. The van der Waals surface area contributed by atoms with Crippen LogP contribution in [0.5, 0.6) is 0 Å². The third-order valence-electron chi connectivity index (χ3n) is 3.74. The topological polar surface area (TPSA) is 37.8 Å². The van der Waals surface area contributed by atoms with Crippen molar-refractivity contribution in [1.29, 1.82) is 0 Å². The molecule has 3 nitrogen and oxygen atoms in total. The van der Waals surface area contributed by atoms with E-state index in [1.807, 2.05) is 0 Å². The number of hydrogen-bond donors (Lipinski definition) is 1.